The lowest BCUT2D eigenvalue weighted by molar-refractivity contribution is 0.0601. The maximum absolute atomic E-state index is 11.5. The van der Waals surface area contributed by atoms with Gasteiger partial charge in [-0.25, -0.2) is 9.78 Å². The van der Waals surface area contributed by atoms with Crippen molar-refractivity contribution in [1.82, 2.24) is 10.3 Å². The third-order valence-corrected chi connectivity index (χ3v) is 3.75. The number of nitrogens with zero attached hydrogens (tertiary/aromatic N) is 1. The molecule has 0 saturated carbocycles. The largest absolute Gasteiger partial charge is 0.465 e. The molecule has 1 aromatic carbocycles. The molecule has 0 radical (unpaired) electrons. The minimum Gasteiger partial charge on any atom is -0.465 e. The quantitative estimate of drug-likeness (QED) is 0.669. The first kappa shape index (κ1) is 14.7. The zero-order valence-electron chi connectivity index (χ0n) is 11.2. The van der Waals surface area contributed by atoms with E-state index in [1.54, 1.807) is 18.2 Å². The molecule has 0 bridgehead atoms. The molecule has 106 valence electrons. The van der Waals surface area contributed by atoms with Gasteiger partial charge in [-0.2, -0.15) is 0 Å². The number of thiazole rings is 1. The molecule has 20 heavy (non-hydrogen) atoms. The summed E-state index contributed by atoms with van der Waals surface area (Å²) in [7, 11) is 1.37. The highest BCUT2D eigenvalue weighted by atomic mass is 32.1. The summed E-state index contributed by atoms with van der Waals surface area (Å²) in [5.41, 5.74) is 1.34. The maximum atomic E-state index is 11.5. The standard InChI is InChI=1S/C13H15N3O2S2/c1-3-6-14-12(19)16-13-15-9-5-4-8(11(17)18-2)7-10(9)20-13/h4-5,7H,3,6H2,1-2H3,(H2,14,15,16,19). The number of anilines is 1. The second-order valence-corrected chi connectivity index (χ2v) is 5.51. The second kappa shape index (κ2) is 6.62. The van der Waals surface area contributed by atoms with Gasteiger partial charge >= 0.3 is 5.97 Å². The van der Waals surface area contributed by atoms with E-state index >= 15 is 0 Å². The van der Waals surface area contributed by atoms with Crippen LogP contribution in [0.2, 0.25) is 0 Å². The highest BCUT2D eigenvalue weighted by Gasteiger charge is 2.10. The summed E-state index contributed by atoms with van der Waals surface area (Å²) in [6.07, 6.45) is 1.00. The Morgan fingerprint density at radius 1 is 1.50 bits per heavy atom. The van der Waals surface area contributed by atoms with Crippen LogP contribution < -0.4 is 10.6 Å². The van der Waals surface area contributed by atoms with Crippen molar-refractivity contribution in [3.8, 4) is 0 Å². The third kappa shape index (κ3) is 3.43. The number of ether oxygens (including phenoxy) is 1. The number of hydrogen-bond donors (Lipinski definition) is 2. The fourth-order valence-corrected chi connectivity index (χ4v) is 2.78. The molecule has 2 rings (SSSR count). The van der Waals surface area contributed by atoms with Gasteiger partial charge in [-0.3, -0.25) is 0 Å². The van der Waals surface area contributed by atoms with Gasteiger partial charge in [0.05, 0.1) is 22.9 Å². The van der Waals surface area contributed by atoms with E-state index in [-0.39, 0.29) is 5.97 Å². The van der Waals surface area contributed by atoms with Crippen LogP contribution in [-0.4, -0.2) is 29.7 Å². The van der Waals surface area contributed by atoms with Crippen LogP contribution >= 0.6 is 23.6 Å². The predicted octanol–water partition coefficient (Wildman–Crippen LogP) is 2.78. The molecule has 2 N–H and O–H groups in total. The fourth-order valence-electron chi connectivity index (χ4n) is 1.60. The van der Waals surface area contributed by atoms with Crippen molar-refractivity contribution in [2.24, 2.45) is 0 Å². The summed E-state index contributed by atoms with van der Waals surface area (Å²) in [4.78, 5) is 15.9. The Kier molecular flexibility index (Phi) is 4.86. The first-order valence-electron chi connectivity index (χ1n) is 6.17. The van der Waals surface area contributed by atoms with Crippen molar-refractivity contribution in [3.63, 3.8) is 0 Å². The average molecular weight is 309 g/mol. The molecule has 0 aliphatic rings. The van der Waals surface area contributed by atoms with Crippen LogP contribution in [0.25, 0.3) is 10.2 Å². The summed E-state index contributed by atoms with van der Waals surface area (Å²) < 4.78 is 5.61. The van der Waals surface area contributed by atoms with Crippen molar-refractivity contribution in [2.45, 2.75) is 13.3 Å². The van der Waals surface area contributed by atoms with Gasteiger partial charge in [0, 0.05) is 6.54 Å². The van der Waals surface area contributed by atoms with E-state index in [4.69, 9.17) is 17.0 Å². The number of carbonyl (C=O) groups excluding carboxylic acids is 1. The van der Waals surface area contributed by atoms with Gasteiger partial charge in [-0.05, 0) is 36.8 Å². The Morgan fingerprint density at radius 2 is 2.30 bits per heavy atom. The Morgan fingerprint density at radius 3 is 3.00 bits per heavy atom. The summed E-state index contributed by atoms with van der Waals surface area (Å²) in [5, 5.41) is 7.38. The molecule has 0 amide bonds. The Labute approximate surface area is 126 Å². The fraction of sp³-hybridized carbons (Fsp3) is 0.308. The van der Waals surface area contributed by atoms with Gasteiger partial charge in [-0.15, -0.1) is 0 Å². The second-order valence-electron chi connectivity index (χ2n) is 4.07. The first-order valence-corrected chi connectivity index (χ1v) is 7.40. The minimum absolute atomic E-state index is 0.352. The van der Waals surface area contributed by atoms with Gasteiger partial charge in [0.15, 0.2) is 10.2 Å². The van der Waals surface area contributed by atoms with Gasteiger partial charge in [0.1, 0.15) is 0 Å². The molecule has 5 nitrogen and oxygen atoms in total. The SMILES string of the molecule is CCCNC(=S)Nc1nc2ccc(C(=O)OC)cc2s1. The summed E-state index contributed by atoms with van der Waals surface area (Å²) in [5.74, 6) is -0.352. The molecule has 0 fully saturated rings. The number of fused-ring (bicyclic) bond motifs is 1. The number of aromatic nitrogens is 1. The number of carbonyl (C=O) groups is 1. The molecule has 2 aromatic rings. The first-order chi connectivity index (χ1) is 9.63. The molecular formula is C13H15N3O2S2. The average Bonchev–Trinajstić information content (AvgIpc) is 2.85. The summed E-state index contributed by atoms with van der Waals surface area (Å²) in [6.45, 7) is 2.89. The van der Waals surface area contributed by atoms with Crippen LogP contribution in [0, 0.1) is 0 Å². The lowest BCUT2D eigenvalue weighted by Gasteiger charge is -2.05. The summed E-state index contributed by atoms with van der Waals surface area (Å²) in [6, 6.07) is 5.27. The van der Waals surface area contributed by atoms with Crippen molar-refractivity contribution < 1.29 is 9.53 Å². The molecule has 0 aliphatic heterocycles. The molecule has 0 atom stereocenters. The molecule has 0 spiro atoms. The Balaban J connectivity index is 2.16. The number of benzene rings is 1. The monoisotopic (exact) mass is 309 g/mol. The third-order valence-electron chi connectivity index (χ3n) is 2.57. The van der Waals surface area contributed by atoms with E-state index in [0.717, 1.165) is 23.2 Å². The zero-order valence-corrected chi connectivity index (χ0v) is 12.9. The van der Waals surface area contributed by atoms with E-state index in [1.165, 1.54) is 18.4 Å². The van der Waals surface area contributed by atoms with Crippen molar-refractivity contribution in [1.29, 1.82) is 0 Å². The zero-order chi connectivity index (χ0) is 14.5. The number of hydrogen-bond acceptors (Lipinski definition) is 5. The molecule has 7 heteroatoms. The molecule has 1 aromatic heterocycles. The topological polar surface area (TPSA) is 63.2 Å². The smallest absolute Gasteiger partial charge is 0.337 e. The number of esters is 1. The van der Waals surface area contributed by atoms with Crippen LogP contribution in [0.4, 0.5) is 5.13 Å². The maximum Gasteiger partial charge on any atom is 0.337 e. The number of nitrogens with one attached hydrogen (secondary N) is 2. The number of methoxy groups -OCH3 is 1. The number of rotatable bonds is 4. The molecule has 0 saturated heterocycles. The molecule has 0 unspecified atom stereocenters. The van der Waals surface area contributed by atoms with E-state index in [0.29, 0.717) is 15.8 Å². The van der Waals surface area contributed by atoms with E-state index in [9.17, 15) is 4.79 Å². The predicted molar refractivity (Wildman–Crippen MR) is 85.5 cm³/mol. The van der Waals surface area contributed by atoms with Gasteiger partial charge in [0.2, 0.25) is 0 Å². The van der Waals surface area contributed by atoms with Crippen LogP contribution in [0.15, 0.2) is 18.2 Å². The van der Waals surface area contributed by atoms with Crippen molar-refractivity contribution >= 4 is 50.0 Å². The number of thiocarbonyl (C=S) groups is 1. The molecular weight excluding hydrogens is 294 g/mol. The van der Waals surface area contributed by atoms with Crippen molar-refractivity contribution in [2.75, 3.05) is 19.0 Å². The highest BCUT2D eigenvalue weighted by Crippen LogP contribution is 2.26. The van der Waals surface area contributed by atoms with Gasteiger partial charge in [-0.1, -0.05) is 18.3 Å². The van der Waals surface area contributed by atoms with Gasteiger partial charge in [0.25, 0.3) is 0 Å². The molecule has 1 heterocycles. The van der Waals surface area contributed by atoms with E-state index < -0.39 is 0 Å². The van der Waals surface area contributed by atoms with E-state index in [1.807, 2.05) is 0 Å². The van der Waals surface area contributed by atoms with E-state index in [2.05, 4.69) is 22.5 Å². The van der Waals surface area contributed by atoms with Gasteiger partial charge < -0.3 is 15.4 Å². The Hall–Kier alpha value is -1.73. The lowest BCUT2D eigenvalue weighted by atomic mass is 10.2. The normalized spacial score (nSPS) is 10.3. The van der Waals surface area contributed by atoms with Crippen LogP contribution in [0.1, 0.15) is 23.7 Å². The minimum atomic E-state index is -0.352. The highest BCUT2D eigenvalue weighted by molar-refractivity contribution is 7.80. The lowest BCUT2D eigenvalue weighted by Crippen LogP contribution is -2.28. The van der Waals surface area contributed by atoms with Crippen LogP contribution in [0.5, 0.6) is 0 Å². The summed E-state index contributed by atoms with van der Waals surface area (Å²) >= 11 is 6.61. The van der Waals surface area contributed by atoms with Crippen LogP contribution in [0.3, 0.4) is 0 Å². The molecule has 0 aliphatic carbocycles. The van der Waals surface area contributed by atoms with Crippen molar-refractivity contribution in [3.05, 3.63) is 23.8 Å². The van der Waals surface area contributed by atoms with Crippen LogP contribution in [-0.2, 0) is 4.74 Å². The Bertz CT molecular complexity index is 640.